The molecular formula is C13H13N3O3S2. The number of thiazole rings is 1. The molecule has 0 spiro atoms. The molecule has 0 radical (unpaired) electrons. The Bertz CT molecular complexity index is 746. The molecule has 21 heavy (non-hydrogen) atoms. The van der Waals surface area contributed by atoms with Gasteiger partial charge < -0.3 is 5.11 Å². The normalized spacial score (nSPS) is 10.7. The number of anilines is 1. The number of nitrogens with zero attached hydrogens (tertiary/aromatic N) is 2. The van der Waals surface area contributed by atoms with E-state index >= 15 is 0 Å². The fourth-order valence-electron chi connectivity index (χ4n) is 1.49. The monoisotopic (exact) mass is 323 g/mol. The number of hydrogen-bond donors (Lipinski definition) is 2. The Kier molecular flexibility index (Phi) is 5.27. The van der Waals surface area contributed by atoms with Crippen LogP contribution in [0.3, 0.4) is 0 Å². The van der Waals surface area contributed by atoms with E-state index in [1.54, 1.807) is 24.5 Å². The van der Waals surface area contributed by atoms with E-state index in [2.05, 4.69) is 26.5 Å². The number of rotatable bonds is 5. The summed E-state index contributed by atoms with van der Waals surface area (Å²) in [4.78, 5) is 8.42. The van der Waals surface area contributed by atoms with E-state index in [0.717, 1.165) is 16.9 Å². The van der Waals surface area contributed by atoms with Crippen LogP contribution in [0, 0.1) is 11.8 Å². The smallest absolute Gasteiger partial charge is 0.234 e. The number of aromatic nitrogens is 2. The van der Waals surface area contributed by atoms with Crippen LogP contribution in [-0.2, 0) is 16.4 Å². The van der Waals surface area contributed by atoms with E-state index < -0.39 is 10.0 Å². The van der Waals surface area contributed by atoms with Gasteiger partial charge in [-0.2, -0.15) is 0 Å². The molecule has 0 saturated heterocycles. The van der Waals surface area contributed by atoms with Crippen molar-refractivity contribution in [2.24, 2.45) is 0 Å². The number of aryl methyl sites for hydroxylation is 1. The summed E-state index contributed by atoms with van der Waals surface area (Å²) in [6.45, 7) is -0.245. The standard InChI is InChI=1S/C13H13N3O3S2/c17-8-1-2-12-10-15-13(20-12)16-21(18,19)9-5-11-3-6-14-7-4-11/h3-4,6-7,10,17H,5,8-9H2,(H,15,16). The number of nitrogens with one attached hydrogen (secondary N) is 1. The molecule has 0 unspecified atom stereocenters. The first-order chi connectivity index (χ1) is 10.1. The van der Waals surface area contributed by atoms with Gasteiger partial charge in [0, 0.05) is 12.4 Å². The van der Waals surface area contributed by atoms with Gasteiger partial charge in [-0.1, -0.05) is 23.2 Å². The maximum absolute atomic E-state index is 12.0. The molecule has 0 bridgehead atoms. The van der Waals surface area contributed by atoms with Gasteiger partial charge in [0.2, 0.25) is 10.0 Å². The lowest BCUT2D eigenvalue weighted by Crippen LogP contribution is -2.18. The van der Waals surface area contributed by atoms with Crippen molar-refractivity contribution in [3.8, 4) is 11.8 Å². The summed E-state index contributed by atoms with van der Waals surface area (Å²) in [5.41, 5.74) is 0.906. The minimum absolute atomic E-state index is 0.0335. The third kappa shape index (κ3) is 5.15. The Morgan fingerprint density at radius 3 is 2.81 bits per heavy atom. The van der Waals surface area contributed by atoms with E-state index in [1.165, 1.54) is 6.20 Å². The maximum atomic E-state index is 12.0. The Hall–Kier alpha value is -1.95. The predicted molar refractivity (Wildman–Crippen MR) is 81.4 cm³/mol. The van der Waals surface area contributed by atoms with Crippen molar-refractivity contribution in [3.63, 3.8) is 0 Å². The van der Waals surface area contributed by atoms with Crippen LogP contribution in [0.4, 0.5) is 5.13 Å². The first-order valence-electron chi connectivity index (χ1n) is 6.04. The summed E-state index contributed by atoms with van der Waals surface area (Å²) in [7, 11) is -3.46. The number of aliphatic hydroxyl groups excluding tert-OH is 1. The zero-order valence-electron chi connectivity index (χ0n) is 11.0. The molecule has 0 amide bonds. The third-order valence-electron chi connectivity index (χ3n) is 2.45. The van der Waals surface area contributed by atoms with Crippen LogP contribution in [-0.4, -0.2) is 35.9 Å². The lowest BCUT2D eigenvalue weighted by molar-refractivity contribution is 0.350. The highest BCUT2D eigenvalue weighted by molar-refractivity contribution is 7.92. The highest BCUT2D eigenvalue weighted by Crippen LogP contribution is 2.18. The minimum Gasteiger partial charge on any atom is -0.384 e. The lowest BCUT2D eigenvalue weighted by Gasteiger charge is -2.04. The van der Waals surface area contributed by atoms with E-state index in [4.69, 9.17) is 5.11 Å². The topological polar surface area (TPSA) is 92.2 Å². The molecule has 0 aromatic carbocycles. The van der Waals surface area contributed by atoms with Gasteiger partial charge in [-0.15, -0.1) is 0 Å². The zero-order valence-corrected chi connectivity index (χ0v) is 12.6. The van der Waals surface area contributed by atoms with Crippen LogP contribution in [0.1, 0.15) is 10.4 Å². The first kappa shape index (κ1) is 15.4. The summed E-state index contributed by atoms with van der Waals surface area (Å²) >= 11 is 1.13. The Balaban J connectivity index is 1.96. The molecule has 2 aromatic rings. The zero-order chi connectivity index (χ0) is 15.1. The van der Waals surface area contributed by atoms with Crippen LogP contribution >= 0.6 is 11.3 Å². The van der Waals surface area contributed by atoms with E-state index in [-0.39, 0.29) is 17.5 Å². The maximum Gasteiger partial charge on any atom is 0.234 e. The van der Waals surface area contributed by atoms with Gasteiger partial charge in [0.15, 0.2) is 5.13 Å². The van der Waals surface area contributed by atoms with Crippen molar-refractivity contribution >= 4 is 26.5 Å². The van der Waals surface area contributed by atoms with Crippen LogP contribution in [0.5, 0.6) is 0 Å². The molecule has 0 saturated carbocycles. The van der Waals surface area contributed by atoms with Gasteiger partial charge in [0.25, 0.3) is 0 Å². The summed E-state index contributed by atoms with van der Waals surface area (Å²) in [5, 5.41) is 8.86. The summed E-state index contributed by atoms with van der Waals surface area (Å²) in [6, 6.07) is 3.56. The third-order valence-corrected chi connectivity index (χ3v) is 4.65. The predicted octanol–water partition coefficient (Wildman–Crippen LogP) is 0.866. The SMILES string of the molecule is O=S(=O)(CCc1ccncc1)Nc1ncc(C#CCO)s1. The Morgan fingerprint density at radius 2 is 2.10 bits per heavy atom. The molecule has 110 valence electrons. The highest BCUT2D eigenvalue weighted by atomic mass is 32.2. The second-order valence-corrected chi connectivity index (χ2v) is 6.89. The molecule has 2 aromatic heterocycles. The van der Waals surface area contributed by atoms with E-state index in [1.807, 2.05) is 0 Å². The van der Waals surface area contributed by atoms with Crippen LogP contribution in [0.25, 0.3) is 0 Å². The number of aliphatic hydroxyl groups is 1. The van der Waals surface area contributed by atoms with Crippen molar-refractivity contribution in [1.29, 1.82) is 0 Å². The number of hydrogen-bond acceptors (Lipinski definition) is 6. The second kappa shape index (κ2) is 7.17. The molecule has 2 heterocycles. The summed E-state index contributed by atoms with van der Waals surface area (Å²) < 4.78 is 26.3. The second-order valence-electron chi connectivity index (χ2n) is 4.02. The molecule has 2 rings (SSSR count). The quantitative estimate of drug-likeness (QED) is 0.797. The van der Waals surface area contributed by atoms with Gasteiger partial charge in [0.05, 0.1) is 16.8 Å². The minimum atomic E-state index is -3.46. The van der Waals surface area contributed by atoms with Gasteiger partial charge >= 0.3 is 0 Å². The van der Waals surface area contributed by atoms with Gasteiger partial charge in [-0.25, -0.2) is 13.4 Å². The van der Waals surface area contributed by atoms with Gasteiger partial charge in [0.1, 0.15) is 6.61 Å². The Morgan fingerprint density at radius 1 is 1.33 bits per heavy atom. The Labute approximate surface area is 126 Å². The van der Waals surface area contributed by atoms with Crippen molar-refractivity contribution in [2.45, 2.75) is 6.42 Å². The molecule has 0 aliphatic heterocycles. The van der Waals surface area contributed by atoms with Gasteiger partial charge in [-0.05, 0) is 24.1 Å². The van der Waals surface area contributed by atoms with Crippen molar-refractivity contribution < 1.29 is 13.5 Å². The lowest BCUT2D eigenvalue weighted by atomic mass is 10.2. The summed E-state index contributed by atoms with van der Waals surface area (Å²) in [5.74, 6) is 5.12. The van der Waals surface area contributed by atoms with E-state index in [0.29, 0.717) is 11.3 Å². The van der Waals surface area contributed by atoms with Crippen molar-refractivity contribution in [3.05, 3.63) is 41.2 Å². The average molecular weight is 323 g/mol. The first-order valence-corrected chi connectivity index (χ1v) is 8.51. The average Bonchev–Trinajstić information content (AvgIpc) is 2.91. The molecule has 2 N–H and O–H groups in total. The summed E-state index contributed by atoms with van der Waals surface area (Å²) in [6.07, 6.45) is 5.12. The molecule has 8 heteroatoms. The van der Waals surface area contributed by atoms with Crippen molar-refractivity contribution in [2.75, 3.05) is 17.1 Å². The van der Waals surface area contributed by atoms with Crippen LogP contribution in [0.15, 0.2) is 30.7 Å². The molecule has 6 nitrogen and oxygen atoms in total. The number of sulfonamides is 1. The van der Waals surface area contributed by atoms with Gasteiger partial charge in [-0.3, -0.25) is 9.71 Å². The fourth-order valence-corrected chi connectivity index (χ4v) is 3.51. The molecule has 0 atom stereocenters. The van der Waals surface area contributed by atoms with Crippen LogP contribution in [0.2, 0.25) is 0 Å². The van der Waals surface area contributed by atoms with Crippen molar-refractivity contribution in [1.82, 2.24) is 9.97 Å². The molecule has 0 aliphatic rings. The number of pyridine rings is 1. The van der Waals surface area contributed by atoms with E-state index in [9.17, 15) is 8.42 Å². The molecule has 0 fully saturated rings. The van der Waals surface area contributed by atoms with Crippen LogP contribution < -0.4 is 4.72 Å². The molecular weight excluding hydrogens is 310 g/mol. The largest absolute Gasteiger partial charge is 0.384 e. The molecule has 0 aliphatic carbocycles. The fraction of sp³-hybridized carbons (Fsp3) is 0.231. The highest BCUT2D eigenvalue weighted by Gasteiger charge is 2.13.